The highest BCUT2D eigenvalue weighted by Gasteiger charge is 2.40. The number of fused-ring (bicyclic) bond motifs is 1. The van der Waals surface area contributed by atoms with Gasteiger partial charge in [-0.25, -0.2) is 14.4 Å². The maximum Gasteiger partial charge on any atom is 0.373 e. The molecule has 6 N–H and O–H groups in total. The van der Waals surface area contributed by atoms with Crippen LogP contribution in [0.5, 0.6) is 11.5 Å². The Labute approximate surface area is 158 Å². The molecule has 1 aromatic carbocycles. The third kappa shape index (κ3) is 3.52. The lowest BCUT2D eigenvalue weighted by atomic mass is 10.00. The van der Waals surface area contributed by atoms with Crippen molar-refractivity contribution in [1.82, 2.24) is 5.32 Å². The second-order valence-corrected chi connectivity index (χ2v) is 6.43. The van der Waals surface area contributed by atoms with Crippen LogP contribution in [0.3, 0.4) is 0 Å². The number of carboxylic acids is 3. The first kappa shape index (κ1) is 19.0. The lowest BCUT2D eigenvalue weighted by Gasteiger charge is -2.21. The summed E-state index contributed by atoms with van der Waals surface area (Å²) >= 11 is 0. The Morgan fingerprint density at radius 1 is 1.04 bits per heavy atom. The molecule has 2 aliphatic rings. The Morgan fingerprint density at radius 2 is 1.71 bits per heavy atom. The molecule has 2 aliphatic heterocycles. The molecule has 3 rings (SSSR count). The van der Waals surface area contributed by atoms with Gasteiger partial charge in [0.15, 0.2) is 17.7 Å². The highest BCUT2D eigenvalue weighted by molar-refractivity contribution is 5.89. The fraction of sp³-hybridized carbons (Fsp3) is 0.222. The van der Waals surface area contributed by atoms with Crippen molar-refractivity contribution in [1.29, 1.82) is 0 Å². The number of nitrogens with zero attached hydrogens (tertiary/aromatic N) is 1. The second-order valence-electron chi connectivity index (χ2n) is 6.43. The van der Waals surface area contributed by atoms with Crippen molar-refractivity contribution in [3.63, 3.8) is 0 Å². The van der Waals surface area contributed by atoms with Crippen LogP contribution in [-0.2, 0) is 20.8 Å². The van der Waals surface area contributed by atoms with Crippen molar-refractivity contribution < 1.29 is 44.5 Å². The van der Waals surface area contributed by atoms with Gasteiger partial charge in [0.05, 0.1) is 12.5 Å². The van der Waals surface area contributed by atoms with Crippen LogP contribution in [0.2, 0.25) is 0 Å². The molecule has 146 valence electrons. The van der Waals surface area contributed by atoms with Gasteiger partial charge in [-0.1, -0.05) is 0 Å². The van der Waals surface area contributed by atoms with Gasteiger partial charge in [0.25, 0.3) is 6.04 Å². The van der Waals surface area contributed by atoms with Crippen LogP contribution >= 0.6 is 0 Å². The molecule has 0 saturated carbocycles. The molecule has 1 aromatic rings. The summed E-state index contributed by atoms with van der Waals surface area (Å²) in [6.45, 7) is 0. The van der Waals surface area contributed by atoms with Crippen LogP contribution in [-0.4, -0.2) is 66.3 Å². The van der Waals surface area contributed by atoms with E-state index >= 15 is 0 Å². The monoisotopic (exact) mass is 389 g/mol. The van der Waals surface area contributed by atoms with Crippen LogP contribution in [0.25, 0.3) is 0 Å². The molecule has 10 heteroatoms. The summed E-state index contributed by atoms with van der Waals surface area (Å²) in [7, 11) is 0. The summed E-state index contributed by atoms with van der Waals surface area (Å²) in [5.41, 5.74) is 1.00. The van der Waals surface area contributed by atoms with Crippen molar-refractivity contribution in [2.75, 3.05) is 0 Å². The first-order valence-corrected chi connectivity index (χ1v) is 8.21. The summed E-state index contributed by atoms with van der Waals surface area (Å²) < 4.78 is 1.37. The average Bonchev–Trinajstić information content (AvgIpc) is 2.97. The molecule has 0 fully saturated rings. The predicted molar refractivity (Wildman–Crippen MR) is 93.9 cm³/mol. The van der Waals surface area contributed by atoms with E-state index in [9.17, 15) is 34.8 Å². The Kier molecular flexibility index (Phi) is 4.78. The highest BCUT2D eigenvalue weighted by atomic mass is 16.4. The van der Waals surface area contributed by atoms with E-state index in [4.69, 9.17) is 5.11 Å². The first-order chi connectivity index (χ1) is 13.2. The predicted octanol–water partition coefficient (Wildman–Crippen LogP) is 0.163. The molecule has 2 atom stereocenters. The quantitative estimate of drug-likeness (QED) is 0.310. The molecular weight excluding hydrogens is 372 g/mol. The SMILES string of the molecule is O=C(O)C1=C/C(=C\C=[N+]2c3cc(O)c(O)cc3C[C@@H]2C(=O)O)C[C@H](C(=O)O)N1. The van der Waals surface area contributed by atoms with E-state index in [1.54, 1.807) is 0 Å². The van der Waals surface area contributed by atoms with Gasteiger partial charge < -0.3 is 30.8 Å². The van der Waals surface area contributed by atoms with Crippen LogP contribution in [0.4, 0.5) is 5.69 Å². The summed E-state index contributed by atoms with van der Waals surface area (Å²) in [5.74, 6) is -4.42. The number of carboxylic acid groups (broad SMARTS) is 3. The van der Waals surface area contributed by atoms with Gasteiger partial charge in [0, 0.05) is 18.1 Å². The lowest BCUT2D eigenvalue weighted by Crippen LogP contribution is -2.41. The molecule has 0 saturated heterocycles. The Morgan fingerprint density at radius 3 is 2.32 bits per heavy atom. The van der Waals surface area contributed by atoms with Crippen molar-refractivity contribution in [2.45, 2.75) is 24.9 Å². The zero-order valence-corrected chi connectivity index (χ0v) is 14.4. The third-order valence-electron chi connectivity index (χ3n) is 4.57. The highest BCUT2D eigenvalue weighted by Crippen LogP contribution is 2.38. The number of phenolic OH excluding ortho intramolecular Hbond substituents is 2. The molecule has 0 radical (unpaired) electrons. The largest absolute Gasteiger partial charge is 0.504 e. The number of hydrogen-bond donors (Lipinski definition) is 6. The van der Waals surface area contributed by atoms with Gasteiger partial charge in [0.2, 0.25) is 5.69 Å². The van der Waals surface area contributed by atoms with Crippen molar-refractivity contribution in [3.05, 3.63) is 41.1 Å². The lowest BCUT2D eigenvalue weighted by molar-refractivity contribution is -0.456. The zero-order valence-electron chi connectivity index (χ0n) is 14.4. The van der Waals surface area contributed by atoms with E-state index in [0.717, 1.165) is 0 Å². The molecule has 0 aliphatic carbocycles. The summed E-state index contributed by atoms with van der Waals surface area (Å²) in [4.78, 5) is 34.0. The van der Waals surface area contributed by atoms with Gasteiger partial charge in [-0.2, -0.15) is 4.58 Å². The topological polar surface area (TPSA) is 167 Å². The van der Waals surface area contributed by atoms with Crippen molar-refractivity contribution in [3.8, 4) is 11.5 Å². The minimum absolute atomic E-state index is 0.00186. The van der Waals surface area contributed by atoms with Gasteiger partial charge >= 0.3 is 17.9 Å². The van der Waals surface area contributed by atoms with E-state index in [-0.39, 0.29) is 24.3 Å². The van der Waals surface area contributed by atoms with Gasteiger partial charge in [-0.05, 0) is 17.7 Å². The number of phenols is 2. The molecule has 10 nitrogen and oxygen atoms in total. The molecular formula is C18H17N2O8+. The summed E-state index contributed by atoms with van der Waals surface area (Å²) in [5, 5.41) is 49.6. The standard InChI is InChI=1S/C18H16N2O8/c21-14-6-9-5-13(18(27)28)20(12(9)7-15(14)22)2-1-8-3-10(16(23)24)19-11(4-8)17(25)26/h1-3,6-7,11,13H,4-5H2,(H5,21,22,23,24,25,26,27,28)/p+1/t11-,13-/m1/s1. The van der Waals surface area contributed by atoms with Crippen LogP contribution in [0.15, 0.2) is 35.6 Å². The number of benzene rings is 1. The van der Waals surface area contributed by atoms with Gasteiger partial charge in [0.1, 0.15) is 11.7 Å². The summed E-state index contributed by atoms with van der Waals surface area (Å²) in [6, 6.07) is 0.407. The molecule has 0 spiro atoms. The minimum atomic E-state index is -1.31. The van der Waals surface area contributed by atoms with E-state index in [2.05, 4.69) is 5.32 Å². The second kappa shape index (κ2) is 7.06. The van der Waals surface area contributed by atoms with Crippen LogP contribution in [0.1, 0.15) is 12.0 Å². The molecule has 0 unspecified atom stereocenters. The van der Waals surface area contributed by atoms with Crippen LogP contribution in [0, 0.1) is 0 Å². The molecule has 0 amide bonds. The number of hydrogen-bond acceptors (Lipinski definition) is 6. The summed E-state index contributed by atoms with van der Waals surface area (Å²) in [6.07, 6.45) is 4.21. The Hall–Kier alpha value is -3.82. The maximum absolute atomic E-state index is 11.6. The maximum atomic E-state index is 11.6. The van der Waals surface area contributed by atoms with Crippen molar-refractivity contribution >= 4 is 29.8 Å². The van der Waals surface area contributed by atoms with Crippen molar-refractivity contribution in [2.24, 2.45) is 0 Å². The first-order valence-electron chi connectivity index (χ1n) is 8.21. The number of carbonyl (C=O) groups is 3. The molecule has 0 bridgehead atoms. The number of allylic oxidation sites excluding steroid dienone is 2. The molecule has 0 aromatic heterocycles. The number of aromatic hydroxyl groups is 2. The van der Waals surface area contributed by atoms with E-state index in [0.29, 0.717) is 16.8 Å². The minimum Gasteiger partial charge on any atom is -0.504 e. The van der Waals surface area contributed by atoms with E-state index in [1.807, 2.05) is 0 Å². The Bertz CT molecular complexity index is 976. The number of aliphatic carboxylic acids is 3. The average molecular weight is 389 g/mol. The number of nitrogens with one attached hydrogen (secondary N) is 1. The normalized spacial score (nSPS) is 23.8. The zero-order chi connectivity index (χ0) is 20.6. The van der Waals surface area contributed by atoms with E-state index < -0.39 is 35.7 Å². The van der Waals surface area contributed by atoms with E-state index in [1.165, 1.54) is 35.1 Å². The fourth-order valence-electron chi connectivity index (χ4n) is 3.20. The van der Waals surface area contributed by atoms with Crippen LogP contribution < -0.4 is 5.32 Å². The number of rotatable bonds is 4. The van der Waals surface area contributed by atoms with Gasteiger partial charge in [-0.15, -0.1) is 0 Å². The Balaban J connectivity index is 2.04. The van der Waals surface area contributed by atoms with Gasteiger partial charge in [-0.3, -0.25) is 0 Å². The fourth-order valence-corrected chi connectivity index (χ4v) is 3.20. The molecule has 2 heterocycles. The molecule has 28 heavy (non-hydrogen) atoms. The smallest absolute Gasteiger partial charge is 0.373 e. The third-order valence-corrected chi connectivity index (χ3v) is 4.57.